The van der Waals surface area contributed by atoms with Crippen molar-refractivity contribution in [1.29, 1.82) is 0 Å². The van der Waals surface area contributed by atoms with Crippen molar-refractivity contribution in [2.75, 3.05) is 0 Å². The van der Waals surface area contributed by atoms with Gasteiger partial charge in [0.15, 0.2) is 0 Å². The summed E-state index contributed by atoms with van der Waals surface area (Å²) < 4.78 is 2.10. The van der Waals surface area contributed by atoms with Crippen LogP contribution in [0.25, 0.3) is 28.1 Å². The smallest absolute Gasteiger partial charge is 0.339 e. The molecule has 29 heavy (non-hydrogen) atoms. The van der Waals surface area contributed by atoms with E-state index in [1.54, 1.807) is 6.07 Å². The standard InChI is InChI=1S/C24H18N2O3/c27-23-9-7-17(12-19(23)24(28)29)26-21-8-6-15-10-11-25-14-20(15)18(21)13-22(26)16-4-2-1-3-5-16/h1-5,7,9-14,27H,6,8H2,(H,28,29). The van der Waals surface area contributed by atoms with Gasteiger partial charge in [0.05, 0.1) is 5.69 Å². The van der Waals surface area contributed by atoms with Crippen LogP contribution in [-0.2, 0) is 12.8 Å². The summed E-state index contributed by atoms with van der Waals surface area (Å²) in [7, 11) is 0. The molecule has 4 aromatic rings. The Bertz CT molecular complexity index is 1240. The molecule has 5 nitrogen and oxygen atoms in total. The minimum atomic E-state index is -1.15. The molecular weight excluding hydrogens is 364 g/mol. The summed E-state index contributed by atoms with van der Waals surface area (Å²) in [5.74, 6) is -1.39. The van der Waals surface area contributed by atoms with Crippen molar-refractivity contribution in [3.05, 3.63) is 89.9 Å². The highest BCUT2D eigenvalue weighted by atomic mass is 16.4. The number of aromatic hydroxyl groups is 1. The van der Waals surface area contributed by atoms with Crippen molar-refractivity contribution in [3.63, 3.8) is 0 Å². The fourth-order valence-corrected chi connectivity index (χ4v) is 4.12. The van der Waals surface area contributed by atoms with E-state index in [0.717, 1.165) is 40.9 Å². The number of hydrogen-bond acceptors (Lipinski definition) is 3. The number of pyridine rings is 1. The van der Waals surface area contributed by atoms with Crippen LogP contribution in [-0.4, -0.2) is 25.7 Å². The number of carbonyl (C=O) groups is 1. The van der Waals surface area contributed by atoms with Gasteiger partial charge in [0.2, 0.25) is 0 Å². The van der Waals surface area contributed by atoms with Crippen molar-refractivity contribution in [3.8, 4) is 33.8 Å². The van der Waals surface area contributed by atoms with Gasteiger partial charge in [0, 0.05) is 34.9 Å². The predicted octanol–water partition coefficient (Wildman–Crippen LogP) is 4.71. The third-order valence-corrected chi connectivity index (χ3v) is 5.47. The molecule has 0 aliphatic heterocycles. The lowest BCUT2D eigenvalue weighted by atomic mass is 9.91. The highest BCUT2D eigenvalue weighted by Crippen LogP contribution is 2.40. The van der Waals surface area contributed by atoms with Crippen LogP contribution >= 0.6 is 0 Å². The molecule has 2 aromatic carbocycles. The van der Waals surface area contributed by atoms with Gasteiger partial charge in [-0.3, -0.25) is 4.98 Å². The lowest BCUT2D eigenvalue weighted by Crippen LogP contribution is -2.10. The Labute approximate surface area is 167 Å². The highest BCUT2D eigenvalue weighted by Gasteiger charge is 2.25. The number of aromatic carboxylic acids is 1. The SMILES string of the molecule is O=C(O)c1cc(-n2c(-c3ccccc3)cc3c2CCc2ccncc2-3)ccc1O. The molecule has 2 N–H and O–H groups in total. The van der Waals surface area contributed by atoms with Gasteiger partial charge in [-0.2, -0.15) is 0 Å². The first kappa shape index (κ1) is 17.3. The molecule has 1 aliphatic rings. The van der Waals surface area contributed by atoms with E-state index in [4.69, 9.17) is 0 Å². The Morgan fingerprint density at radius 3 is 2.59 bits per heavy atom. The lowest BCUT2D eigenvalue weighted by molar-refractivity contribution is 0.0693. The summed E-state index contributed by atoms with van der Waals surface area (Å²) in [6.07, 6.45) is 5.44. The van der Waals surface area contributed by atoms with Gasteiger partial charge >= 0.3 is 5.97 Å². The summed E-state index contributed by atoms with van der Waals surface area (Å²) in [6, 6.07) is 19.0. The van der Waals surface area contributed by atoms with Crippen LogP contribution < -0.4 is 0 Å². The molecule has 2 heterocycles. The zero-order valence-electron chi connectivity index (χ0n) is 15.5. The van der Waals surface area contributed by atoms with E-state index in [9.17, 15) is 15.0 Å². The molecule has 0 saturated heterocycles. The van der Waals surface area contributed by atoms with Gasteiger partial charge in [-0.25, -0.2) is 4.79 Å². The van der Waals surface area contributed by atoms with Crippen LogP contribution in [0.3, 0.4) is 0 Å². The first-order valence-electron chi connectivity index (χ1n) is 9.43. The van der Waals surface area contributed by atoms with Gasteiger partial charge in [-0.1, -0.05) is 30.3 Å². The number of hydrogen-bond donors (Lipinski definition) is 2. The topological polar surface area (TPSA) is 75.3 Å². The van der Waals surface area contributed by atoms with E-state index in [2.05, 4.69) is 21.7 Å². The van der Waals surface area contributed by atoms with Crippen LogP contribution in [0.4, 0.5) is 0 Å². The molecule has 5 rings (SSSR count). The van der Waals surface area contributed by atoms with E-state index in [0.29, 0.717) is 5.69 Å². The number of benzene rings is 2. The molecule has 0 amide bonds. The fraction of sp³-hybridized carbons (Fsp3) is 0.0833. The second kappa shape index (κ2) is 6.63. The second-order valence-corrected chi connectivity index (χ2v) is 7.13. The molecule has 5 heteroatoms. The summed E-state index contributed by atoms with van der Waals surface area (Å²) in [4.78, 5) is 15.9. The second-order valence-electron chi connectivity index (χ2n) is 7.13. The summed E-state index contributed by atoms with van der Waals surface area (Å²) in [5.41, 5.74) is 7.23. The molecule has 1 aliphatic carbocycles. The Balaban J connectivity index is 1.81. The maximum Gasteiger partial charge on any atom is 0.339 e. The van der Waals surface area contributed by atoms with Crippen molar-refractivity contribution in [1.82, 2.24) is 9.55 Å². The molecule has 0 atom stereocenters. The lowest BCUT2D eigenvalue weighted by Gasteiger charge is -2.20. The molecule has 142 valence electrons. The first-order valence-corrected chi connectivity index (χ1v) is 9.43. The van der Waals surface area contributed by atoms with Gasteiger partial charge in [0.1, 0.15) is 11.3 Å². The van der Waals surface area contributed by atoms with Crippen LogP contribution in [0, 0.1) is 0 Å². The number of carboxylic acids is 1. The van der Waals surface area contributed by atoms with Crippen molar-refractivity contribution in [2.45, 2.75) is 12.8 Å². The average Bonchev–Trinajstić information content (AvgIpc) is 3.15. The van der Waals surface area contributed by atoms with Crippen molar-refractivity contribution >= 4 is 5.97 Å². The molecule has 2 aromatic heterocycles. The number of aromatic nitrogens is 2. The monoisotopic (exact) mass is 382 g/mol. The summed E-state index contributed by atoms with van der Waals surface area (Å²) >= 11 is 0. The number of fused-ring (bicyclic) bond motifs is 3. The Kier molecular flexibility index (Phi) is 3.95. The van der Waals surface area contributed by atoms with E-state index < -0.39 is 5.97 Å². The molecule has 0 bridgehead atoms. The number of nitrogens with zero attached hydrogens (tertiary/aromatic N) is 2. The number of phenols is 1. The third-order valence-electron chi connectivity index (χ3n) is 5.47. The zero-order valence-corrected chi connectivity index (χ0v) is 15.5. The van der Waals surface area contributed by atoms with Crippen LogP contribution in [0.5, 0.6) is 5.75 Å². The maximum absolute atomic E-state index is 11.6. The van der Waals surface area contributed by atoms with Gasteiger partial charge in [-0.05, 0) is 54.3 Å². The minimum Gasteiger partial charge on any atom is -0.507 e. The summed E-state index contributed by atoms with van der Waals surface area (Å²) in [6.45, 7) is 0. The Morgan fingerprint density at radius 1 is 0.966 bits per heavy atom. The van der Waals surface area contributed by atoms with Crippen LogP contribution in [0.1, 0.15) is 21.6 Å². The van der Waals surface area contributed by atoms with E-state index in [1.165, 1.54) is 17.7 Å². The largest absolute Gasteiger partial charge is 0.507 e. The van der Waals surface area contributed by atoms with E-state index in [1.807, 2.05) is 42.7 Å². The highest BCUT2D eigenvalue weighted by molar-refractivity contribution is 5.91. The van der Waals surface area contributed by atoms with Gasteiger partial charge < -0.3 is 14.8 Å². The fourth-order valence-electron chi connectivity index (χ4n) is 4.12. The third kappa shape index (κ3) is 2.79. The normalized spacial score (nSPS) is 12.3. The Morgan fingerprint density at radius 2 is 1.79 bits per heavy atom. The van der Waals surface area contributed by atoms with Gasteiger partial charge in [0.25, 0.3) is 0 Å². The Hall–Kier alpha value is -3.86. The molecule has 0 radical (unpaired) electrons. The molecule has 0 spiro atoms. The first-order chi connectivity index (χ1) is 14.1. The summed E-state index contributed by atoms with van der Waals surface area (Å²) in [5, 5.41) is 19.4. The van der Waals surface area contributed by atoms with Gasteiger partial charge in [-0.15, -0.1) is 0 Å². The van der Waals surface area contributed by atoms with Crippen molar-refractivity contribution < 1.29 is 15.0 Å². The molecular formula is C24H18N2O3. The molecule has 0 saturated carbocycles. The predicted molar refractivity (Wildman–Crippen MR) is 110 cm³/mol. The van der Waals surface area contributed by atoms with E-state index in [-0.39, 0.29) is 11.3 Å². The maximum atomic E-state index is 11.6. The zero-order chi connectivity index (χ0) is 20.0. The molecule has 0 fully saturated rings. The number of aryl methyl sites for hydroxylation is 1. The van der Waals surface area contributed by atoms with Crippen LogP contribution in [0.15, 0.2) is 73.1 Å². The quantitative estimate of drug-likeness (QED) is 0.538. The minimum absolute atomic E-state index is 0.109. The van der Waals surface area contributed by atoms with Crippen LogP contribution in [0.2, 0.25) is 0 Å². The van der Waals surface area contributed by atoms with Crippen molar-refractivity contribution in [2.24, 2.45) is 0 Å². The average molecular weight is 382 g/mol. The number of carboxylic acid groups (broad SMARTS) is 1. The van der Waals surface area contributed by atoms with E-state index >= 15 is 0 Å². The molecule has 0 unspecified atom stereocenters. The number of rotatable bonds is 3.